The Morgan fingerprint density at radius 3 is 3.00 bits per heavy atom. The number of nitrogens with two attached hydrogens (primary N) is 1. The lowest BCUT2D eigenvalue weighted by Gasteiger charge is -2.34. The fraction of sp³-hybridized carbons (Fsp3) is 0.500. The van der Waals surface area contributed by atoms with Crippen molar-refractivity contribution in [1.82, 2.24) is 0 Å². The first-order chi connectivity index (χ1) is 9.11. The predicted octanol–water partition coefficient (Wildman–Crippen LogP) is 2.98. The first-order valence-electron chi connectivity index (χ1n) is 6.57. The molecule has 0 amide bonds. The summed E-state index contributed by atoms with van der Waals surface area (Å²) in [5.74, 6) is 0. The highest BCUT2D eigenvalue weighted by atomic mass is 35.5. The molecule has 1 atom stereocenters. The summed E-state index contributed by atoms with van der Waals surface area (Å²) in [5, 5.41) is 0.614. The average Bonchev–Trinajstić information content (AvgIpc) is 2.39. The standard InChI is InChI=1S/C14H19ClN2OS/c1-2-18-11-4-3-7-17(9-11)10-5-6-12(14(16)19)13(15)8-10/h5-6,8,11H,2-4,7,9H2,1H3,(H2,16,19). The molecule has 1 fully saturated rings. The molecule has 1 unspecified atom stereocenters. The van der Waals surface area contributed by atoms with E-state index in [-0.39, 0.29) is 0 Å². The molecule has 1 heterocycles. The molecule has 0 spiro atoms. The van der Waals surface area contributed by atoms with Crippen molar-refractivity contribution < 1.29 is 4.74 Å². The quantitative estimate of drug-likeness (QED) is 0.867. The zero-order valence-corrected chi connectivity index (χ0v) is 12.6. The van der Waals surface area contributed by atoms with Crippen LogP contribution in [0, 0.1) is 0 Å². The second kappa shape index (κ2) is 6.55. The van der Waals surface area contributed by atoms with Gasteiger partial charge in [-0.2, -0.15) is 0 Å². The van der Waals surface area contributed by atoms with Crippen LogP contribution in [0.15, 0.2) is 18.2 Å². The van der Waals surface area contributed by atoms with Gasteiger partial charge in [0.15, 0.2) is 0 Å². The lowest BCUT2D eigenvalue weighted by atomic mass is 10.1. The number of hydrogen-bond acceptors (Lipinski definition) is 3. The lowest BCUT2D eigenvalue weighted by Crippen LogP contribution is -2.39. The van der Waals surface area contributed by atoms with Crippen LogP contribution in [0.2, 0.25) is 5.02 Å². The molecule has 0 bridgehead atoms. The number of benzene rings is 1. The SMILES string of the molecule is CCOC1CCCN(c2ccc(C(N)=S)c(Cl)c2)C1. The van der Waals surface area contributed by atoms with Gasteiger partial charge in [0.05, 0.1) is 11.1 Å². The largest absolute Gasteiger partial charge is 0.389 e. The maximum absolute atomic E-state index is 6.22. The van der Waals surface area contributed by atoms with Crippen LogP contribution in [0.4, 0.5) is 5.69 Å². The fourth-order valence-corrected chi connectivity index (χ4v) is 2.96. The van der Waals surface area contributed by atoms with E-state index in [9.17, 15) is 0 Å². The van der Waals surface area contributed by atoms with Crippen molar-refractivity contribution >= 4 is 34.5 Å². The Morgan fingerprint density at radius 2 is 2.37 bits per heavy atom. The average molecular weight is 299 g/mol. The summed E-state index contributed by atoms with van der Waals surface area (Å²) >= 11 is 11.2. The third kappa shape index (κ3) is 3.59. The number of hydrogen-bond donors (Lipinski definition) is 1. The summed E-state index contributed by atoms with van der Waals surface area (Å²) in [4.78, 5) is 2.64. The molecule has 104 valence electrons. The molecule has 0 saturated carbocycles. The summed E-state index contributed by atoms with van der Waals surface area (Å²) < 4.78 is 5.71. The predicted molar refractivity (Wildman–Crippen MR) is 84.2 cm³/mol. The summed E-state index contributed by atoms with van der Waals surface area (Å²) in [5.41, 5.74) is 7.46. The van der Waals surface area contributed by atoms with Crippen LogP contribution in [0.1, 0.15) is 25.3 Å². The Bertz CT molecular complexity index is 465. The van der Waals surface area contributed by atoms with Crippen LogP contribution in [-0.2, 0) is 4.74 Å². The molecule has 5 heteroatoms. The van der Waals surface area contributed by atoms with E-state index in [0.29, 0.717) is 16.1 Å². The summed E-state index contributed by atoms with van der Waals surface area (Å²) in [6.45, 7) is 4.75. The summed E-state index contributed by atoms with van der Waals surface area (Å²) in [7, 11) is 0. The molecule has 2 N–H and O–H groups in total. The number of anilines is 1. The van der Waals surface area contributed by atoms with Gasteiger partial charge < -0.3 is 15.4 Å². The molecule has 0 aromatic heterocycles. The molecular formula is C14H19ClN2OS. The molecule has 2 rings (SSSR count). The van der Waals surface area contributed by atoms with Crippen LogP contribution in [0.25, 0.3) is 0 Å². The highest BCUT2D eigenvalue weighted by molar-refractivity contribution is 7.80. The van der Waals surface area contributed by atoms with E-state index in [1.54, 1.807) is 0 Å². The minimum atomic E-state index is 0.313. The number of nitrogens with zero attached hydrogens (tertiary/aromatic N) is 1. The van der Waals surface area contributed by atoms with E-state index in [1.165, 1.54) is 0 Å². The Morgan fingerprint density at radius 1 is 1.58 bits per heavy atom. The van der Waals surface area contributed by atoms with Crippen molar-refractivity contribution in [3.8, 4) is 0 Å². The molecule has 3 nitrogen and oxygen atoms in total. The molecular weight excluding hydrogens is 280 g/mol. The van der Waals surface area contributed by atoms with Crippen molar-refractivity contribution in [2.75, 3.05) is 24.6 Å². The topological polar surface area (TPSA) is 38.5 Å². The monoisotopic (exact) mass is 298 g/mol. The Kier molecular flexibility index (Phi) is 5.02. The molecule has 1 aromatic rings. The first kappa shape index (κ1) is 14.6. The van der Waals surface area contributed by atoms with Crippen LogP contribution < -0.4 is 10.6 Å². The number of halogens is 1. The number of ether oxygens (including phenoxy) is 1. The van der Waals surface area contributed by atoms with Crippen molar-refractivity contribution in [3.05, 3.63) is 28.8 Å². The van der Waals surface area contributed by atoms with E-state index in [4.69, 9.17) is 34.3 Å². The zero-order valence-electron chi connectivity index (χ0n) is 11.1. The molecule has 19 heavy (non-hydrogen) atoms. The van der Waals surface area contributed by atoms with Gasteiger partial charge in [0, 0.05) is 30.9 Å². The van der Waals surface area contributed by atoms with Gasteiger partial charge >= 0.3 is 0 Å². The molecule has 1 saturated heterocycles. The van der Waals surface area contributed by atoms with Crippen LogP contribution in [0.3, 0.4) is 0 Å². The zero-order chi connectivity index (χ0) is 13.8. The molecule has 1 aromatic carbocycles. The van der Waals surface area contributed by atoms with Crippen LogP contribution in [0.5, 0.6) is 0 Å². The maximum Gasteiger partial charge on any atom is 0.105 e. The van der Waals surface area contributed by atoms with E-state index in [2.05, 4.69) is 4.90 Å². The Labute approximate surface area is 124 Å². The normalized spacial score (nSPS) is 19.5. The first-order valence-corrected chi connectivity index (χ1v) is 7.36. The highest BCUT2D eigenvalue weighted by Crippen LogP contribution is 2.26. The second-order valence-electron chi connectivity index (χ2n) is 4.69. The number of thiocarbonyl (C=S) groups is 1. The van der Waals surface area contributed by atoms with E-state index >= 15 is 0 Å². The Hall–Kier alpha value is -0.840. The minimum Gasteiger partial charge on any atom is -0.389 e. The fourth-order valence-electron chi connectivity index (χ4n) is 2.44. The van der Waals surface area contributed by atoms with Gasteiger partial charge in [-0.05, 0) is 38.0 Å². The lowest BCUT2D eigenvalue weighted by molar-refractivity contribution is 0.0527. The van der Waals surface area contributed by atoms with Crippen molar-refractivity contribution in [2.24, 2.45) is 5.73 Å². The molecule has 1 aliphatic heterocycles. The summed E-state index contributed by atoms with van der Waals surface area (Å²) in [6, 6.07) is 5.85. The van der Waals surface area contributed by atoms with Gasteiger partial charge in [-0.1, -0.05) is 23.8 Å². The van der Waals surface area contributed by atoms with Gasteiger partial charge in [-0.15, -0.1) is 0 Å². The van der Waals surface area contributed by atoms with E-state index < -0.39 is 0 Å². The molecule has 1 aliphatic rings. The van der Waals surface area contributed by atoms with E-state index in [0.717, 1.165) is 43.8 Å². The highest BCUT2D eigenvalue weighted by Gasteiger charge is 2.20. The van der Waals surface area contributed by atoms with Crippen LogP contribution >= 0.6 is 23.8 Å². The number of rotatable bonds is 4. The molecule has 0 radical (unpaired) electrons. The summed E-state index contributed by atoms with van der Waals surface area (Å²) in [6.07, 6.45) is 2.58. The van der Waals surface area contributed by atoms with Gasteiger partial charge in [0.1, 0.15) is 4.99 Å². The van der Waals surface area contributed by atoms with Gasteiger partial charge in [-0.25, -0.2) is 0 Å². The van der Waals surface area contributed by atoms with Gasteiger partial charge in [0.25, 0.3) is 0 Å². The second-order valence-corrected chi connectivity index (χ2v) is 5.54. The van der Waals surface area contributed by atoms with Crippen molar-refractivity contribution in [1.29, 1.82) is 0 Å². The smallest absolute Gasteiger partial charge is 0.105 e. The van der Waals surface area contributed by atoms with Crippen molar-refractivity contribution in [3.63, 3.8) is 0 Å². The number of piperidine rings is 1. The van der Waals surface area contributed by atoms with E-state index in [1.807, 2.05) is 25.1 Å². The van der Waals surface area contributed by atoms with Gasteiger partial charge in [0.2, 0.25) is 0 Å². The maximum atomic E-state index is 6.22. The Balaban J connectivity index is 2.13. The minimum absolute atomic E-state index is 0.313. The van der Waals surface area contributed by atoms with Crippen molar-refractivity contribution in [2.45, 2.75) is 25.9 Å². The third-order valence-corrected chi connectivity index (χ3v) is 3.90. The van der Waals surface area contributed by atoms with Crippen LogP contribution in [-0.4, -0.2) is 30.8 Å². The third-order valence-electron chi connectivity index (χ3n) is 3.36. The van der Waals surface area contributed by atoms with Gasteiger partial charge in [-0.3, -0.25) is 0 Å². The molecule has 0 aliphatic carbocycles.